The third-order valence-corrected chi connectivity index (χ3v) is 9.49. The first-order chi connectivity index (χ1) is 25.2. The fraction of sp³-hybridized carbons (Fsp3) is 0.0217. The van der Waals surface area contributed by atoms with Crippen molar-refractivity contribution in [1.82, 2.24) is 24.1 Å². The minimum atomic E-state index is 0.527. The summed E-state index contributed by atoms with van der Waals surface area (Å²) in [5.41, 5.74) is 10.4. The van der Waals surface area contributed by atoms with Crippen LogP contribution >= 0.6 is 0 Å². The lowest BCUT2D eigenvalue weighted by Gasteiger charge is -2.14. The van der Waals surface area contributed by atoms with Crippen molar-refractivity contribution in [2.45, 2.75) is 6.92 Å². The monoisotopic (exact) mass is 655 g/mol. The van der Waals surface area contributed by atoms with Crippen LogP contribution in [0.3, 0.4) is 0 Å². The SMILES string of the molecule is C=Cc1c(/C=C\C)c2ccc3c4ccccc4n(-c4ccccc4)c3c2n1-c1nc(-c2ccccc2)nc(-c2ccc(-c3ccccc3)cc2)n1. The second kappa shape index (κ2) is 12.6. The molecule has 0 aliphatic heterocycles. The first kappa shape index (κ1) is 30.2. The van der Waals surface area contributed by atoms with Crippen molar-refractivity contribution >= 4 is 44.9 Å². The van der Waals surface area contributed by atoms with Crippen molar-refractivity contribution < 1.29 is 0 Å². The van der Waals surface area contributed by atoms with Gasteiger partial charge in [-0.15, -0.1) is 0 Å². The Labute approximate surface area is 296 Å². The Morgan fingerprint density at radius 2 is 1.02 bits per heavy atom. The number of allylic oxidation sites excluding steroid dienone is 1. The normalized spacial score (nSPS) is 11.6. The smallest absolute Gasteiger partial charge is 0.238 e. The number of rotatable bonds is 7. The Bertz CT molecular complexity index is 2740. The molecule has 242 valence electrons. The third-order valence-electron chi connectivity index (χ3n) is 9.49. The Kier molecular flexibility index (Phi) is 7.44. The van der Waals surface area contributed by atoms with E-state index in [0.29, 0.717) is 17.6 Å². The standard InChI is InChI=1S/C46H33N5/c1-3-16-36-38-29-30-39-37-23-14-15-24-41(37)50(35-21-12-7-13-22-35)42(39)43(38)51(40(36)4-2)46-48-44(33-19-10-6-11-20-33)47-45(49-46)34-27-25-32(26-28-34)31-17-8-5-9-18-31/h3-30H,2H2,1H3/b16-3-. The first-order valence-corrected chi connectivity index (χ1v) is 17.1. The number of para-hydroxylation sites is 2. The highest BCUT2D eigenvalue weighted by atomic mass is 15.2. The molecule has 0 amide bonds. The number of aromatic nitrogens is 5. The molecule has 9 rings (SSSR count). The molecule has 0 spiro atoms. The van der Waals surface area contributed by atoms with Crippen LogP contribution < -0.4 is 0 Å². The second-order valence-electron chi connectivity index (χ2n) is 12.5. The van der Waals surface area contributed by atoms with Crippen LogP contribution in [-0.4, -0.2) is 24.1 Å². The van der Waals surface area contributed by atoms with E-state index in [9.17, 15) is 0 Å². The van der Waals surface area contributed by atoms with Crippen molar-refractivity contribution in [3.05, 3.63) is 176 Å². The van der Waals surface area contributed by atoms with E-state index in [1.54, 1.807) is 0 Å². The van der Waals surface area contributed by atoms with E-state index in [1.165, 1.54) is 5.39 Å². The Morgan fingerprint density at radius 3 is 1.69 bits per heavy atom. The zero-order valence-electron chi connectivity index (χ0n) is 28.1. The summed E-state index contributed by atoms with van der Waals surface area (Å²) in [5, 5.41) is 3.42. The van der Waals surface area contributed by atoms with Gasteiger partial charge < -0.3 is 4.57 Å². The van der Waals surface area contributed by atoms with Gasteiger partial charge in [-0.3, -0.25) is 4.57 Å². The van der Waals surface area contributed by atoms with Crippen LogP contribution in [0.5, 0.6) is 0 Å². The van der Waals surface area contributed by atoms with Gasteiger partial charge in [0.15, 0.2) is 11.6 Å². The molecule has 0 aliphatic rings. The minimum absolute atomic E-state index is 0.527. The summed E-state index contributed by atoms with van der Waals surface area (Å²) >= 11 is 0. The molecule has 0 N–H and O–H groups in total. The van der Waals surface area contributed by atoms with E-state index in [4.69, 9.17) is 15.0 Å². The van der Waals surface area contributed by atoms with Crippen molar-refractivity contribution in [3.8, 4) is 45.5 Å². The second-order valence-corrected chi connectivity index (χ2v) is 12.5. The van der Waals surface area contributed by atoms with Crippen LogP contribution in [0.4, 0.5) is 0 Å². The van der Waals surface area contributed by atoms with Gasteiger partial charge in [0, 0.05) is 38.5 Å². The average molecular weight is 656 g/mol. The molecule has 0 atom stereocenters. The summed E-state index contributed by atoms with van der Waals surface area (Å²) in [4.78, 5) is 15.5. The number of benzene rings is 6. The first-order valence-electron chi connectivity index (χ1n) is 17.1. The Hall–Kier alpha value is -6.85. The number of hydrogen-bond donors (Lipinski definition) is 0. The van der Waals surface area contributed by atoms with Gasteiger partial charge in [0.2, 0.25) is 5.95 Å². The van der Waals surface area contributed by atoms with E-state index >= 15 is 0 Å². The summed E-state index contributed by atoms with van der Waals surface area (Å²) < 4.78 is 4.53. The number of nitrogens with zero attached hydrogens (tertiary/aromatic N) is 5. The molecular weight excluding hydrogens is 623 g/mol. The third kappa shape index (κ3) is 5.06. The summed E-state index contributed by atoms with van der Waals surface area (Å²) in [5.74, 6) is 1.72. The molecule has 0 saturated carbocycles. The molecule has 0 bridgehead atoms. The predicted molar refractivity (Wildman–Crippen MR) is 212 cm³/mol. The summed E-state index contributed by atoms with van der Waals surface area (Å²) in [6.45, 7) is 6.37. The Balaban J connectivity index is 1.39. The van der Waals surface area contributed by atoms with E-state index in [0.717, 1.165) is 66.5 Å². The van der Waals surface area contributed by atoms with Crippen LogP contribution in [-0.2, 0) is 0 Å². The van der Waals surface area contributed by atoms with E-state index in [-0.39, 0.29) is 0 Å². The van der Waals surface area contributed by atoms with Gasteiger partial charge in [0.05, 0.1) is 22.2 Å². The maximum absolute atomic E-state index is 5.26. The molecule has 51 heavy (non-hydrogen) atoms. The van der Waals surface area contributed by atoms with Gasteiger partial charge in [-0.1, -0.05) is 152 Å². The molecule has 0 fully saturated rings. The van der Waals surface area contributed by atoms with Gasteiger partial charge in [-0.25, -0.2) is 4.98 Å². The maximum Gasteiger partial charge on any atom is 0.238 e. The Morgan fingerprint density at radius 1 is 0.490 bits per heavy atom. The number of fused-ring (bicyclic) bond motifs is 5. The van der Waals surface area contributed by atoms with Crippen molar-refractivity contribution in [1.29, 1.82) is 0 Å². The highest BCUT2D eigenvalue weighted by molar-refractivity contribution is 6.19. The van der Waals surface area contributed by atoms with Gasteiger partial charge in [-0.2, -0.15) is 9.97 Å². The van der Waals surface area contributed by atoms with Crippen LogP contribution in [0.2, 0.25) is 0 Å². The predicted octanol–water partition coefficient (Wildman–Crippen LogP) is 11.6. The average Bonchev–Trinajstić information content (AvgIpc) is 3.71. The van der Waals surface area contributed by atoms with E-state index < -0.39 is 0 Å². The fourth-order valence-corrected chi connectivity index (χ4v) is 7.21. The molecule has 9 aromatic rings. The molecule has 0 unspecified atom stereocenters. The highest BCUT2D eigenvalue weighted by Gasteiger charge is 2.24. The van der Waals surface area contributed by atoms with Crippen molar-refractivity contribution in [2.24, 2.45) is 0 Å². The zero-order valence-corrected chi connectivity index (χ0v) is 28.1. The molecule has 5 nitrogen and oxygen atoms in total. The van der Waals surface area contributed by atoms with Crippen molar-refractivity contribution in [3.63, 3.8) is 0 Å². The quantitative estimate of drug-likeness (QED) is 0.172. The minimum Gasteiger partial charge on any atom is -0.307 e. The van der Waals surface area contributed by atoms with Crippen molar-refractivity contribution in [2.75, 3.05) is 0 Å². The summed E-state index contributed by atoms with van der Waals surface area (Å²) in [7, 11) is 0. The van der Waals surface area contributed by atoms with Crippen LogP contribution in [0.15, 0.2) is 164 Å². The van der Waals surface area contributed by atoms with Gasteiger partial charge in [0.25, 0.3) is 0 Å². The lowest BCUT2D eigenvalue weighted by atomic mass is 10.0. The topological polar surface area (TPSA) is 48.5 Å². The summed E-state index contributed by atoms with van der Waals surface area (Å²) in [6, 6.07) is 52.6. The largest absolute Gasteiger partial charge is 0.307 e. The molecule has 5 heteroatoms. The maximum atomic E-state index is 5.26. The fourth-order valence-electron chi connectivity index (χ4n) is 7.21. The lowest BCUT2D eigenvalue weighted by molar-refractivity contribution is 0.926. The molecule has 3 heterocycles. The van der Waals surface area contributed by atoms with Crippen LogP contribution in [0.25, 0.3) is 90.4 Å². The molecular formula is C46H33N5. The van der Waals surface area contributed by atoms with Crippen LogP contribution in [0, 0.1) is 0 Å². The molecule has 0 saturated heterocycles. The van der Waals surface area contributed by atoms with Gasteiger partial charge in [0.1, 0.15) is 0 Å². The molecule has 0 radical (unpaired) electrons. The zero-order chi connectivity index (χ0) is 34.3. The van der Waals surface area contributed by atoms with E-state index in [2.05, 4.69) is 143 Å². The molecule has 3 aromatic heterocycles. The summed E-state index contributed by atoms with van der Waals surface area (Å²) in [6.07, 6.45) is 6.14. The van der Waals surface area contributed by atoms with Gasteiger partial charge >= 0.3 is 0 Å². The van der Waals surface area contributed by atoms with Gasteiger partial charge in [-0.05, 0) is 42.3 Å². The van der Waals surface area contributed by atoms with Crippen LogP contribution in [0.1, 0.15) is 18.2 Å². The van der Waals surface area contributed by atoms with E-state index in [1.807, 2.05) is 49.4 Å². The highest BCUT2D eigenvalue weighted by Crippen LogP contribution is 2.41. The molecule has 6 aromatic carbocycles. The lowest BCUT2D eigenvalue weighted by Crippen LogP contribution is -2.08. The molecule has 0 aliphatic carbocycles. The number of hydrogen-bond acceptors (Lipinski definition) is 3.